The summed E-state index contributed by atoms with van der Waals surface area (Å²) in [6, 6.07) is 7.34. The zero-order valence-corrected chi connectivity index (χ0v) is 11.6. The van der Waals surface area contributed by atoms with Crippen LogP contribution in [0.25, 0.3) is 0 Å². The standard InChI is InChI=1S/C16H16F3NO/c1-2-10(20)8-12-13(17)4-3-5-16(12)21-11-6-7-14(18)15(19)9-11/h3-7,9-10H,2,8,20H2,1H3. The molecular weight excluding hydrogens is 279 g/mol. The zero-order chi connectivity index (χ0) is 15.4. The van der Waals surface area contributed by atoms with E-state index in [-0.39, 0.29) is 17.5 Å². The summed E-state index contributed by atoms with van der Waals surface area (Å²) in [7, 11) is 0. The lowest BCUT2D eigenvalue weighted by molar-refractivity contribution is 0.447. The molecule has 112 valence electrons. The van der Waals surface area contributed by atoms with Gasteiger partial charge in [0.1, 0.15) is 17.3 Å². The van der Waals surface area contributed by atoms with Gasteiger partial charge in [-0.3, -0.25) is 0 Å². The van der Waals surface area contributed by atoms with E-state index in [2.05, 4.69) is 0 Å². The molecule has 0 spiro atoms. The summed E-state index contributed by atoms with van der Waals surface area (Å²) in [4.78, 5) is 0. The largest absolute Gasteiger partial charge is 0.457 e. The Hall–Kier alpha value is -2.01. The maximum absolute atomic E-state index is 13.9. The van der Waals surface area contributed by atoms with Crippen LogP contribution in [0.3, 0.4) is 0 Å². The number of ether oxygens (including phenoxy) is 1. The Bertz CT molecular complexity index is 631. The fourth-order valence-electron chi connectivity index (χ4n) is 1.91. The monoisotopic (exact) mass is 295 g/mol. The van der Waals surface area contributed by atoms with Crippen LogP contribution in [0.4, 0.5) is 13.2 Å². The Kier molecular flexibility index (Phi) is 4.85. The molecule has 0 saturated heterocycles. The van der Waals surface area contributed by atoms with Gasteiger partial charge in [-0.05, 0) is 37.1 Å². The summed E-state index contributed by atoms with van der Waals surface area (Å²) in [6.07, 6.45) is 1.00. The quantitative estimate of drug-likeness (QED) is 0.898. The van der Waals surface area contributed by atoms with Crippen LogP contribution in [0.2, 0.25) is 0 Å². The van der Waals surface area contributed by atoms with Crippen molar-refractivity contribution in [2.75, 3.05) is 0 Å². The molecule has 0 bridgehead atoms. The van der Waals surface area contributed by atoms with Gasteiger partial charge in [0.05, 0.1) is 0 Å². The highest BCUT2D eigenvalue weighted by Gasteiger charge is 2.14. The van der Waals surface area contributed by atoms with Crippen LogP contribution < -0.4 is 10.5 Å². The molecule has 0 heterocycles. The van der Waals surface area contributed by atoms with Gasteiger partial charge in [-0.15, -0.1) is 0 Å². The van der Waals surface area contributed by atoms with Crippen molar-refractivity contribution in [3.63, 3.8) is 0 Å². The van der Waals surface area contributed by atoms with Crippen molar-refractivity contribution in [3.05, 3.63) is 59.4 Å². The van der Waals surface area contributed by atoms with Gasteiger partial charge in [-0.1, -0.05) is 13.0 Å². The third-order valence-electron chi connectivity index (χ3n) is 3.19. The minimum absolute atomic E-state index is 0.103. The van der Waals surface area contributed by atoms with Crippen molar-refractivity contribution in [1.29, 1.82) is 0 Å². The molecule has 2 N–H and O–H groups in total. The first-order chi connectivity index (χ1) is 10.0. The molecule has 0 fully saturated rings. The van der Waals surface area contributed by atoms with Crippen LogP contribution in [-0.2, 0) is 6.42 Å². The predicted octanol–water partition coefficient (Wildman–Crippen LogP) is 4.18. The van der Waals surface area contributed by atoms with E-state index in [1.54, 1.807) is 6.07 Å². The van der Waals surface area contributed by atoms with Crippen LogP contribution in [-0.4, -0.2) is 6.04 Å². The van der Waals surface area contributed by atoms with E-state index in [1.165, 1.54) is 18.2 Å². The normalized spacial score (nSPS) is 12.2. The highest BCUT2D eigenvalue weighted by molar-refractivity contribution is 5.39. The molecule has 2 rings (SSSR count). The molecule has 21 heavy (non-hydrogen) atoms. The first-order valence-corrected chi connectivity index (χ1v) is 6.67. The van der Waals surface area contributed by atoms with Crippen molar-refractivity contribution >= 4 is 0 Å². The Balaban J connectivity index is 2.30. The minimum Gasteiger partial charge on any atom is -0.457 e. The average molecular weight is 295 g/mol. The van der Waals surface area contributed by atoms with Crippen LogP contribution in [0.15, 0.2) is 36.4 Å². The first-order valence-electron chi connectivity index (χ1n) is 6.67. The Labute approximate surface area is 121 Å². The van der Waals surface area contributed by atoms with Gasteiger partial charge in [0.15, 0.2) is 11.6 Å². The van der Waals surface area contributed by atoms with Crippen molar-refractivity contribution < 1.29 is 17.9 Å². The summed E-state index contributed by atoms with van der Waals surface area (Å²) in [6.45, 7) is 1.90. The number of hydrogen-bond donors (Lipinski definition) is 1. The van der Waals surface area contributed by atoms with Crippen LogP contribution >= 0.6 is 0 Å². The third-order valence-corrected chi connectivity index (χ3v) is 3.19. The molecule has 0 aliphatic rings. The van der Waals surface area contributed by atoms with Gasteiger partial charge < -0.3 is 10.5 Å². The van der Waals surface area contributed by atoms with Crippen molar-refractivity contribution in [1.82, 2.24) is 0 Å². The molecule has 0 aliphatic carbocycles. The topological polar surface area (TPSA) is 35.2 Å². The molecule has 0 aliphatic heterocycles. The van der Waals surface area contributed by atoms with E-state index in [1.807, 2.05) is 6.92 Å². The van der Waals surface area contributed by atoms with Crippen molar-refractivity contribution in [2.24, 2.45) is 5.73 Å². The van der Waals surface area contributed by atoms with Crippen LogP contribution in [0.1, 0.15) is 18.9 Å². The number of halogens is 3. The fraction of sp³-hybridized carbons (Fsp3) is 0.250. The third kappa shape index (κ3) is 3.76. The fourth-order valence-corrected chi connectivity index (χ4v) is 1.91. The number of rotatable bonds is 5. The van der Waals surface area contributed by atoms with Crippen molar-refractivity contribution in [3.8, 4) is 11.5 Å². The second-order valence-electron chi connectivity index (χ2n) is 4.77. The molecule has 0 aromatic heterocycles. The summed E-state index contributed by atoms with van der Waals surface area (Å²) in [5.74, 6) is -2.06. The molecule has 2 aromatic carbocycles. The second kappa shape index (κ2) is 6.63. The lowest BCUT2D eigenvalue weighted by Gasteiger charge is -2.15. The Morgan fingerprint density at radius 1 is 1.05 bits per heavy atom. The number of nitrogens with two attached hydrogens (primary N) is 1. The summed E-state index contributed by atoms with van der Waals surface area (Å²) >= 11 is 0. The highest BCUT2D eigenvalue weighted by Crippen LogP contribution is 2.29. The molecule has 0 amide bonds. The smallest absolute Gasteiger partial charge is 0.162 e. The van der Waals surface area contributed by atoms with Gasteiger partial charge >= 0.3 is 0 Å². The van der Waals surface area contributed by atoms with Crippen molar-refractivity contribution in [2.45, 2.75) is 25.8 Å². The number of benzene rings is 2. The molecular formula is C16H16F3NO. The minimum atomic E-state index is -1.02. The SMILES string of the molecule is CCC(N)Cc1c(F)cccc1Oc1ccc(F)c(F)c1. The van der Waals surface area contributed by atoms with Gasteiger partial charge in [0.2, 0.25) is 0 Å². The Morgan fingerprint density at radius 2 is 1.81 bits per heavy atom. The molecule has 5 heteroatoms. The molecule has 1 unspecified atom stereocenters. The van der Waals surface area contributed by atoms with E-state index >= 15 is 0 Å². The van der Waals surface area contributed by atoms with Gasteiger partial charge in [-0.25, -0.2) is 13.2 Å². The van der Waals surface area contributed by atoms with E-state index in [9.17, 15) is 13.2 Å². The molecule has 0 radical (unpaired) electrons. The van der Waals surface area contributed by atoms with Gasteiger partial charge in [0.25, 0.3) is 0 Å². The predicted molar refractivity (Wildman–Crippen MR) is 74.8 cm³/mol. The summed E-state index contributed by atoms with van der Waals surface area (Å²) < 4.78 is 45.5. The maximum atomic E-state index is 13.9. The molecule has 2 nitrogen and oxygen atoms in total. The average Bonchev–Trinajstić information content (AvgIpc) is 2.46. The van der Waals surface area contributed by atoms with Crippen LogP contribution in [0.5, 0.6) is 11.5 Å². The molecule has 2 aromatic rings. The molecule has 1 atom stereocenters. The lowest BCUT2D eigenvalue weighted by atomic mass is 10.0. The first kappa shape index (κ1) is 15.4. The van der Waals surface area contributed by atoms with E-state index in [0.717, 1.165) is 12.1 Å². The summed E-state index contributed by atoms with van der Waals surface area (Å²) in [5.41, 5.74) is 6.18. The van der Waals surface area contributed by atoms with E-state index in [4.69, 9.17) is 10.5 Å². The highest BCUT2D eigenvalue weighted by atomic mass is 19.2. The van der Waals surface area contributed by atoms with Crippen LogP contribution in [0, 0.1) is 17.5 Å². The number of hydrogen-bond acceptors (Lipinski definition) is 2. The Morgan fingerprint density at radius 3 is 2.48 bits per heavy atom. The van der Waals surface area contributed by atoms with Gasteiger partial charge in [-0.2, -0.15) is 0 Å². The van der Waals surface area contributed by atoms with E-state index < -0.39 is 17.5 Å². The lowest BCUT2D eigenvalue weighted by Crippen LogP contribution is -2.22. The zero-order valence-electron chi connectivity index (χ0n) is 11.6. The second-order valence-corrected chi connectivity index (χ2v) is 4.77. The maximum Gasteiger partial charge on any atom is 0.162 e. The van der Waals surface area contributed by atoms with Gasteiger partial charge in [0, 0.05) is 17.7 Å². The van der Waals surface area contributed by atoms with E-state index in [0.29, 0.717) is 18.4 Å². The summed E-state index contributed by atoms with van der Waals surface area (Å²) in [5, 5.41) is 0. The molecule has 0 saturated carbocycles.